The Morgan fingerprint density at radius 1 is 1.17 bits per heavy atom. The number of carbonyl (C=O) groups excluding carboxylic acids is 1. The smallest absolute Gasteiger partial charge is 0.224 e. The monoisotopic (exact) mass is 311 g/mol. The van der Waals surface area contributed by atoms with Crippen LogP contribution in [-0.2, 0) is 16.0 Å². The van der Waals surface area contributed by atoms with E-state index in [1.54, 1.807) is 18.2 Å². The summed E-state index contributed by atoms with van der Waals surface area (Å²) >= 11 is 0. The van der Waals surface area contributed by atoms with Crippen LogP contribution in [0.3, 0.4) is 0 Å². The fraction of sp³-hybridized carbons (Fsp3) is 0.316. The maximum atomic E-state index is 12.1. The van der Waals surface area contributed by atoms with Crippen molar-refractivity contribution >= 4 is 5.91 Å². The molecular weight excluding hydrogens is 290 g/mol. The Labute approximate surface area is 136 Å². The summed E-state index contributed by atoms with van der Waals surface area (Å²) in [6.45, 7) is 1.34. The summed E-state index contributed by atoms with van der Waals surface area (Å²) in [6.07, 6.45) is 1.28. The zero-order valence-corrected chi connectivity index (χ0v) is 12.9. The summed E-state index contributed by atoms with van der Waals surface area (Å²) in [5, 5.41) is 12.4. The first kappa shape index (κ1) is 15.6. The molecule has 1 fully saturated rings. The number of hydrogen-bond donors (Lipinski definition) is 2. The molecule has 0 spiro atoms. The molecule has 3 rings (SSSR count). The van der Waals surface area contributed by atoms with E-state index in [-0.39, 0.29) is 24.2 Å². The molecule has 4 nitrogen and oxygen atoms in total. The van der Waals surface area contributed by atoms with E-state index in [0.717, 1.165) is 24.2 Å². The molecular formula is C19H21NO3. The van der Waals surface area contributed by atoms with E-state index in [9.17, 15) is 9.90 Å². The largest absolute Gasteiger partial charge is 0.508 e. The molecule has 23 heavy (non-hydrogen) atoms. The van der Waals surface area contributed by atoms with Crippen LogP contribution < -0.4 is 5.32 Å². The van der Waals surface area contributed by atoms with Crippen LogP contribution in [0.15, 0.2) is 54.6 Å². The number of phenolic OH excluding ortho intramolecular Hbond substituents is 1. The lowest BCUT2D eigenvalue weighted by molar-refractivity contribution is -0.120. The van der Waals surface area contributed by atoms with Crippen molar-refractivity contribution in [2.45, 2.75) is 18.9 Å². The molecule has 2 aromatic carbocycles. The molecule has 0 radical (unpaired) electrons. The van der Waals surface area contributed by atoms with Crippen molar-refractivity contribution in [2.24, 2.45) is 5.92 Å². The molecule has 4 heteroatoms. The lowest BCUT2D eigenvalue weighted by atomic mass is 9.95. The first-order chi connectivity index (χ1) is 11.2. The quantitative estimate of drug-likeness (QED) is 0.892. The maximum Gasteiger partial charge on any atom is 0.224 e. The van der Waals surface area contributed by atoms with Crippen molar-refractivity contribution in [3.05, 3.63) is 65.7 Å². The van der Waals surface area contributed by atoms with Gasteiger partial charge in [0, 0.05) is 19.1 Å². The number of carbonyl (C=O) groups is 1. The summed E-state index contributed by atoms with van der Waals surface area (Å²) in [7, 11) is 0. The number of aromatic hydroxyl groups is 1. The van der Waals surface area contributed by atoms with Crippen LogP contribution in [0.1, 0.15) is 23.7 Å². The van der Waals surface area contributed by atoms with Crippen LogP contribution >= 0.6 is 0 Å². The van der Waals surface area contributed by atoms with Gasteiger partial charge in [0.25, 0.3) is 0 Å². The Morgan fingerprint density at radius 2 is 2.00 bits per heavy atom. The second-order valence-corrected chi connectivity index (χ2v) is 5.90. The van der Waals surface area contributed by atoms with Crippen LogP contribution in [0.25, 0.3) is 0 Å². The number of phenols is 1. The van der Waals surface area contributed by atoms with E-state index in [2.05, 4.69) is 17.4 Å². The van der Waals surface area contributed by atoms with Gasteiger partial charge in [-0.25, -0.2) is 0 Å². The van der Waals surface area contributed by atoms with Gasteiger partial charge in [-0.3, -0.25) is 4.79 Å². The first-order valence-corrected chi connectivity index (χ1v) is 7.93. The first-order valence-electron chi connectivity index (χ1n) is 7.93. The van der Waals surface area contributed by atoms with E-state index in [0.29, 0.717) is 12.5 Å². The molecule has 2 aromatic rings. The Balaban J connectivity index is 1.54. The molecule has 1 aliphatic heterocycles. The molecule has 120 valence electrons. The fourth-order valence-corrected chi connectivity index (χ4v) is 3.01. The lowest BCUT2D eigenvalue weighted by Gasteiger charge is -2.19. The topological polar surface area (TPSA) is 58.6 Å². The summed E-state index contributed by atoms with van der Waals surface area (Å²) in [5.74, 6) is 0.448. The van der Waals surface area contributed by atoms with Crippen molar-refractivity contribution in [3.8, 4) is 5.75 Å². The molecule has 0 saturated carbocycles. The zero-order valence-electron chi connectivity index (χ0n) is 12.9. The number of ether oxygens (including phenoxy) is 1. The van der Waals surface area contributed by atoms with E-state index in [4.69, 9.17) is 4.74 Å². The van der Waals surface area contributed by atoms with Gasteiger partial charge in [0.1, 0.15) is 5.75 Å². The normalized spacial score (nSPS) is 20.3. The van der Waals surface area contributed by atoms with Crippen molar-refractivity contribution in [3.63, 3.8) is 0 Å². The molecule has 0 aliphatic carbocycles. The Morgan fingerprint density at radius 3 is 2.78 bits per heavy atom. The average Bonchev–Trinajstić information content (AvgIpc) is 3.02. The van der Waals surface area contributed by atoms with Gasteiger partial charge < -0.3 is 15.2 Å². The Bertz CT molecular complexity index is 657. The maximum absolute atomic E-state index is 12.1. The molecule has 2 N–H and O–H groups in total. The Hall–Kier alpha value is -2.33. The van der Waals surface area contributed by atoms with Gasteiger partial charge >= 0.3 is 0 Å². The van der Waals surface area contributed by atoms with Crippen LogP contribution in [0.5, 0.6) is 5.75 Å². The van der Waals surface area contributed by atoms with E-state index < -0.39 is 0 Å². The highest BCUT2D eigenvalue weighted by molar-refractivity contribution is 5.78. The number of hydrogen-bond acceptors (Lipinski definition) is 3. The summed E-state index contributed by atoms with van der Waals surface area (Å²) in [5.41, 5.74) is 1.97. The fourth-order valence-electron chi connectivity index (χ4n) is 3.01. The molecule has 1 saturated heterocycles. The summed E-state index contributed by atoms with van der Waals surface area (Å²) in [6, 6.07) is 16.9. The van der Waals surface area contributed by atoms with Gasteiger partial charge in [0.15, 0.2) is 0 Å². The number of rotatable bonds is 5. The minimum absolute atomic E-state index is 0.0330. The minimum Gasteiger partial charge on any atom is -0.508 e. The molecule has 0 bridgehead atoms. The second-order valence-electron chi connectivity index (χ2n) is 5.90. The third-order valence-electron chi connectivity index (χ3n) is 4.18. The SMILES string of the molecule is O=C(Cc1cccc(O)c1)NC[C@H]1CCO[C@@H]1c1ccccc1. The number of amides is 1. The Kier molecular flexibility index (Phi) is 4.93. The van der Waals surface area contributed by atoms with Gasteiger partial charge in [0.2, 0.25) is 5.91 Å². The highest BCUT2D eigenvalue weighted by atomic mass is 16.5. The van der Waals surface area contributed by atoms with E-state index >= 15 is 0 Å². The predicted molar refractivity (Wildman–Crippen MR) is 88.1 cm³/mol. The van der Waals surface area contributed by atoms with Gasteiger partial charge in [-0.05, 0) is 29.7 Å². The molecule has 1 heterocycles. The standard InChI is InChI=1S/C19H21NO3/c21-17-8-4-5-14(11-17)12-18(22)20-13-16-9-10-23-19(16)15-6-2-1-3-7-15/h1-8,11,16,19,21H,9-10,12-13H2,(H,20,22)/t16-,19-/m1/s1. The van der Waals surface area contributed by atoms with Gasteiger partial charge in [-0.15, -0.1) is 0 Å². The van der Waals surface area contributed by atoms with Crippen LogP contribution in [0.2, 0.25) is 0 Å². The van der Waals surface area contributed by atoms with Crippen molar-refractivity contribution < 1.29 is 14.6 Å². The van der Waals surface area contributed by atoms with Gasteiger partial charge in [-0.2, -0.15) is 0 Å². The van der Waals surface area contributed by atoms with Crippen molar-refractivity contribution in [1.82, 2.24) is 5.32 Å². The van der Waals surface area contributed by atoms with Gasteiger partial charge in [-0.1, -0.05) is 42.5 Å². The number of nitrogens with one attached hydrogen (secondary N) is 1. The van der Waals surface area contributed by atoms with Gasteiger partial charge in [0.05, 0.1) is 12.5 Å². The van der Waals surface area contributed by atoms with Crippen molar-refractivity contribution in [1.29, 1.82) is 0 Å². The van der Waals surface area contributed by atoms with Crippen LogP contribution in [0, 0.1) is 5.92 Å². The summed E-state index contributed by atoms with van der Waals surface area (Å²) in [4.78, 5) is 12.1. The molecule has 0 aromatic heterocycles. The second kappa shape index (κ2) is 7.29. The van der Waals surface area contributed by atoms with Crippen LogP contribution in [-0.4, -0.2) is 24.2 Å². The third-order valence-corrected chi connectivity index (χ3v) is 4.18. The highest BCUT2D eigenvalue weighted by Gasteiger charge is 2.29. The number of benzene rings is 2. The van der Waals surface area contributed by atoms with E-state index in [1.165, 1.54) is 0 Å². The summed E-state index contributed by atoms with van der Waals surface area (Å²) < 4.78 is 5.83. The van der Waals surface area contributed by atoms with Crippen molar-refractivity contribution in [2.75, 3.05) is 13.2 Å². The molecule has 1 amide bonds. The molecule has 1 aliphatic rings. The predicted octanol–water partition coefficient (Wildman–Crippen LogP) is 2.83. The molecule has 2 atom stereocenters. The zero-order chi connectivity index (χ0) is 16.1. The molecule has 0 unspecified atom stereocenters. The van der Waals surface area contributed by atoms with Crippen LogP contribution in [0.4, 0.5) is 0 Å². The van der Waals surface area contributed by atoms with E-state index in [1.807, 2.05) is 24.3 Å². The highest BCUT2D eigenvalue weighted by Crippen LogP contribution is 2.33. The minimum atomic E-state index is -0.0330. The lowest BCUT2D eigenvalue weighted by Crippen LogP contribution is -2.31. The average molecular weight is 311 g/mol. The third kappa shape index (κ3) is 4.11.